The van der Waals surface area contributed by atoms with Gasteiger partial charge in [-0.2, -0.15) is 0 Å². The molecule has 0 unspecified atom stereocenters. The first-order valence-electron chi connectivity index (χ1n) is 3.66. The van der Waals surface area contributed by atoms with Gasteiger partial charge in [0, 0.05) is 6.08 Å². The molecule has 0 saturated carbocycles. The number of rotatable bonds is 5. The second kappa shape index (κ2) is 7.72. The molecule has 0 aromatic rings. The molecule has 3 nitrogen and oxygen atoms in total. The maximum atomic E-state index is 10.5. The van der Waals surface area contributed by atoms with Crippen LogP contribution in [0.2, 0.25) is 0 Å². The number of carbonyl (C=O) groups is 2. The van der Waals surface area contributed by atoms with Crippen molar-refractivity contribution < 1.29 is 14.3 Å². The third-order valence-corrected chi connectivity index (χ3v) is 1.17. The predicted octanol–water partition coefficient (Wildman–Crippen LogP) is 1.25. The third-order valence-electron chi connectivity index (χ3n) is 1.17. The lowest BCUT2D eigenvalue weighted by Crippen LogP contribution is -1.93. The summed E-state index contributed by atoms with van der Waals surface area (Å²) in [6.07, 6.45) is 8.48. The van der Waals surface area contributed by atoms with Crippen molar-refractivity contribution in [3.8, 4) is 0 Å². The van der Waals surface area contributed by atoms with Crippen molar-refractivity contribution in [3.63, 3.8) is 0 Å². The standard InChI is InChI=1S/C9H12O3/c1-12-9(11)7-5-3-2-4-6-8-10/h4-8H,2-3H2,1H3/b6-4+,7-5+. The van der Waals surface area contributed by atoms with E-state index in [9.17, 15) is 9.59 Å². The smallest absolute Gasteiger partial charge is 0.330 e. The molecule has 0 fully saturated rings. The Hall–Kier alpha value is -1.38. The highest BCUT2D eigenvalue weighted by atomic mass is 16.5. The molecule has 0 rings (SSSR count). The third kappa shape index (κ3) is 6.74. The summed E-state index contributed by atoms with van der Waals surface area (Å²) in [6.45, 7) is 0. The van der Waals surface area contributed by atoms with Crippen LogP contribution in [0.5, 0.6) is 0 Å². The van der Waals surface area contributed by atoms with Crippen molar-refractivity contribution in [2.75, 3.05) is 7.11 Å². The molecular weight excluding hydrogens is 156 g/mol. The molecule has 0 aromatic heterocycles. The number of aldehydes is 1. The van der Waals surface area contributed by atoms with Crippen molar-refractivity contribution >= 4 is 12.3 Å². The van der Waals surface area contributed by atoms with E-state index in [1.165, 1.54) is 19.3 Å². The largest absolute Gasteiger partial charge is 0.466 e. The van der Waals surface area contributed by atoms with Crippen LogP contribution in [0, 0.1) is 0 Å². The zero-order valence-corrected chi connectivity index (χ0v) is 7.03. The molecule has 0 aliphatic rings. The number of methoxy groups -OCH3 is 1. The highest BCUT2D eigenvalue weighted by Crippen LogP contribution is 1.92. The Kier molecular flexibility index (Phi) is 6.84. The average Bonchev–Trinajstić information content (AvgIpc) is 2.10. The van der Waals surface area contributed by atoms with Gasteiger partial charge in [-0.15, -0.1) is 0 Å². The molecule has 0 saturated heterocycles. The fraction of sp³-hybridized carbons (Fsp3) is 0.333. The fourth-order valence-corrected chi connectivity index (χ4v) is 0.592. The Labute approximate surface area is 71.7 Å². The van der Waals surface area contributed by atoms with Gasteiger partial charge in [-0.05, 0) is 18.9 Å². The first-order valence-corrected chi connectivity index (χ1v) is 3.66. The van der Waals surface area contributed by atoms with Crippen LogP contribution in [0.4, 0.5) is 0 Å². The maximum absolute atomic E-state index is 10.5. The average molecular weight is 168 g/mol. The summed E-state index contributed by atoms with van der Waals surface area (Å²) in [6, 6.07) is 0. The summed E-state index contributed by atoms with van der Waals surface area (Å²) >= 11 is 0. The van der Waals surface area contributed by atoms with E-state index in [0.29, 0.717) is 0 Å². The monoisotopic (exact) mass is 168 g/mol. The van der Waals surface area contributed by atoms with Crippen molar-refractivity contribution in [2.45, 2.75) is 12.8 Å². The van der Waals surface area contributed by atoms with Crippen molar-refractivity contribution in [1.82, 2.24) is 0 Å². The van der Waals surface area contributed by atoms with Gasteiger partial charge in [0.05, 0.1) is 7.11 Å². The van der Waals surface area contributed by atoms with Crippen LogP contribution in [0.3, 0.4) is 0 Å². The van der Waals surface area contributed by atoms with Crippen LogP contribution in [0.1, 0.15) is 12.8 Å². The number of esters is 1. The normalized spacial score (nSPS) is 10.8. The van der Waals surface area contributed by atoms with Crippen LogP contribution in [-0.4, -0.2) is 19.4 Å². The first-order chi connectivity index (χ1) is 5.81. The number of hydrogen-bond donors (Lipinski definition) is 0. The van der Waals surface area contributed by atoms with Crippen LogP contribution < -0.4 is 0 Å². The van der Waals surface area contributed by atoms with Crippen LogP contribution in [-0.2, 0) is 14.3 Å². The zero-order valence-electron chi connectivity index (χ0n) is 7.03. The van der Waals surface area contributed by atoms with E-state index in [0.717, 1.165) is 19.1 Å². The molecule has 0 amide bonds. The zero-order chi connectivity index (χ0) is 9.23. The van der Waals surface area contributed by atoms with Gasteiger partial charge in [0.2, 0.25) is 0 Å². The van der Waals surface area contributed by atoms with Gasteiger partial charge in [-0.3, -0.25) is 4.79 Å². The molecule has 0 aromatic carbocycles. The van der Waals surface area contributed by atoms with Gasteiger partial charge in [-0.25, -0.2) is 4.79 Å². The Balaban J connectivity index is 3.42. The van der Waals surface area contributed by atoms with Gasteiger partial charge < -0.3 is 4.74 Å². The molecule has 0 atom stereocenters. The molecule has 66 valence electrons. The number of carbonyl (C=O) groups excluding carboxylic acids is 2. The van der Waals surface area contributed by atoms with Crippen molar-refractivity contribution in [2.24, 2.45) is 0 Å². The van der Waals surface area contributed by atoms with Gasteiger partial charge in [-0.1, -0.05) is 12.2 Å². The lowest BCUT2D eigenvalue weighted by Gasteiger charge is -1.88. The quantitative estimate of drug-likeness (QED) is 0.268. The molecule has 0 aliphatic carbocycles. The Bertz CT molecular complexity index is 192. The minimum Gasteiger partial charge on any atom is -0.466 e. The van der Waals surface area contributed by atoms with E-state index in [2.05, 4.69) is 4.74 Å². The van der Waals surface area contributed by atoms with Crippen molar-refractivity contribution in [3.05, 3.63) is 24.3 Å². The number of unbranched alkanes of at least 4 members (excludes halogenated alkanes) is 1. The second-order valence-corrected chi connectivity index (χ2v) is 2.07. The van der Waals surface area contributed by atoms with Gasteiger partial charge in [0.25, 0.3) is 0 Å². The number of hydrogen-bond acceptors (Lipinski definition) is 3. The minimum atomic E-state index is -0.352. The van der Waals surface area contributed by atoms with E-state index in [-0.39, 0.29) is 5.97 Å². The first kappa shape index (κ1) is 10.6. The molecular formula is C9H12O3. The lowest BCUT2D eigenvalue weighted by molar-refractivity contribution is -0.134. The van der Waals surface area contributed by atoms with Crippen LogP contribution in [0.15, 0.2) is 24.3 Å². The lowest BCUT2D eigenvalue weighted by atomic mass is 10.3. The highest BCUT2D eigenvalue weighted by Gasteiger charge is 1.87. The fourth-order valence-electron chi connectivity index (χ4n) is 0.592. The molecule has 0 N–H and O–H groups in total. The summed E-state index contributed by atoms with van der Waals surface area (Å²) in [7, 11) is 1.33. The summed E-state index contributed by atoms with van der Waals surface area (Å²) < 4.78 is 4.38. The molecule has 0 radical (unpaired) electrons. The van der Waals surface area contributed by atoms with E-state index >= 15 is 0 Å². The predicted molar refractivity (Wildman–Crippen MR) is 45.6 cm³/mol. The Morgan fingerprint density at radius 3 is 2.58 bits per heavy atom. The molecule has 0 heterocycles. The summed E-state index contributed by atoms with van der Waals surface area (Å²) in [5.74, 6) is -0.352. The molecule has 12 heavy (non-hydrogen) atoms. The molecule has 3 heteroatoms. The second-order valence-electron chi connectivity index (χ2n) is 2.07. The highest BCUT2D eigenvalue weighted by molar-refractivity contribution is 5.81. The van der Waals surface area contributed by atoms with E-state index < -0.39 is 0 Å². The number of allylic oxidation sites excluding steroid dienone is 3. The van der Waals surface area contributed by atoms with Gasteiger partial charge >= 0.3 is 5.97 Å². The molecule has 0 aliphatic heterocycles. The SMILES string of the molecule is COC(=O)/C=C/CC/C=C/C=O. The summed E-state index contributed by atoms with van der Waals surface area (Å²) in [4.78, 5) is 20.3. The van der Waals surface area contributed by atoms with Gasteiger partial charge in [0.1, 0.15) is 6.29 Å². The van der Waals surface area contributed by atoms with Crippen LogP contribution >= 0.6 is 0 Å². The van der Waals surface area contributed by atoms with E-state index in [1.807, 2.05) is 0 Å². The van der Waals surface area contributed by atoms with Crippen molar-refractivity contribution in [1.29, 1.82) is 0 Å². The van der Waals surface area contributed by atoms with E-state index in [1.54, 1.807) is 12.2 Å². The minimum absolute atomic E-state index is 0.352. The molecule has 0 bridgehead atoms. The topological polar surface area (TPSA) is 43.4 Å². The molecule has 0 spiro atoms. The maximum Gasteiger partial charge on any atom is 0.330 e. The van der Waals surface area contributed by atoms with Gasteiger partial charge in [0.15, 0.2) is 0 Å². The number of ether oxygens (including phenoxy) is 1. The Morgan fingerprint density at radius 1 is 1.33 bits per heavy atom. The Morgan fingerprint density at radius 2 is 2.00 bits per heavy atom. The summed E-state index contributed by atoms with van der Waals surface area (Å²) in [5, 5.41) is 0. The summed E-state index contributed by atoms with van der Waals surface area (Å²) in [5.41, 5.74) is 0. The van der Waals surface area contributed by atoms with E-state index in [4.69, 9.17) is 0 Å². The van der Waals surface area contributed by atoms with Crippen LogP contribution in [0.25, 0.3) is 0 Å².